The fraction of sp³-hybridized carbons (Fsp3) is 0.143. The molecule has 2 rings (SSSR count). The van der Waals surface area contributed by atoms with Crippen molar-refractivity contribution < 1.29 is 4.39 Å². The summed E-state index contributed by atoms with van der Waals surface area (Å²) in [5.41, 5.74) is 1.51. The highest BCUT2D eigenvalue weighted by atomic mass is 19.1. The van der Waals surface area contributed by atoms with Gasteiger partial charge < -0.3 is 0 Å². The Hall–Kier alpha value is -1.45. The maximum absolute atomic E-state index is 12.5. The number of rotatable bonds is 0. The van der Waals surface area contributed by atoms with Crippen LogP contribution in [0.2, 0.25) is 0 Å². The fourth-order valence-electron chi connectivity index (χ4n) is 0.977. The van der Waals surface area contributed by atoms with Gasteiger partial charge in [0.05, 0.1) is 11.9 Å². The van der Waals surface area contributed by atoms with E-state index < -0.39 is 5.95 Å². The monoisotopic (exact) mass is 151 g/mol. The summed E-state index contributed by atoms with van der Waals surface area (Å²) in [5, 5.41) is 3.58. The Labute approximate surface area is 62.5 Å². The number of aryl methyl sites for hydroxylation is 1. The van der Waals surface area contributed by atoms with Crippen LogP contribution in [0.4, 0.5) is 4.39 Å². The van der Waals surface area contributed by atoms with E-state index in [1.54, 1.807) is 12.3 Å². The zero-order valence-electron chi connectivity index (χ0n) is 5.95. The van der Waals surface area contributed by atoms with Crippen LogP contribution in [0.5, 0.6) is 0 Å². The van der Waals surface area contributed by atoms with Crippen LogP contribution in [0.25, 0.3) is 5.65 Å². The van der Waals surface area contributed by atoms with Gasteiger partial charge in [-0.2, -0.15) is 4.39 Å². The first kappa shape index (κ1) is 6.27. The molecule has 0 aliphatic heterocycles. The summed E-state index contributed by atoms with van der Waals surface area (Å²) >= 11 is 0. The van der Waals surface area contributed by atoms with E-state index >= 15 is 0 Å². The maximum Gasteiger partial charge on any atom is 0.231 e. The highest BCUT2D eigenvalue weighted by molar-refractivity contribution is 5.37. The number of nitrogens with zero attached hydrogens (tertiary/aromatic N) is 3. The average Bonchev–Trinajstić information content (AvgIpc) is 2.27. The number of halogens is 1. The Bertz CT molecular complexity index is 393. The summed E-state index contributed by atoms with van der Waals surface area (Å²) in [4.78, 5) is 4.09. The van der Waals surface area contributed by atoms with Gasteiger partial charge in [0.2, 0.25) is 5.95 Å². The molecular weight excluding hydrogens is 145 g/mol. The SMILES string of the molecule is Cc1cn2nc(F)ccc2n1. The highest BCUT2D eigenvalue weighted by Crippen LogP contribution is 2.01. The predicted molar refractivity (Wildman–Crippen MR) is 37.7 cm³/mol. The van der Waals surface area contributed by atoms with Gasteiger partial charge in [-0.15, -0.1) is 5.10 Å². The average molecular weight is 151 g/mol. The van der Waals surface area contributed by atoms with Crippen LogP contribution in [-0.4, -0.2) is 14.6 Å². The van der Waals surface area contributed by atoms with Crippen molar-refractivity contribution in [3.05, 3.63) is 30.0 Å². The summed E-state index contributed by atoms with van der Waals surface area (Å²) < 4.78 is 13.9. The summed E-state index contributed by atoms with van der Waals surface area (Å²) in [6.07, 6.45) is 1.68. The molecule has 0 radical (unpaired) electrons. The fourth-order valence-corrected chi connectivity index (χ4v) is 0.977. The van der Waals surface area contributed by atoms with Crippen molar-refractivity contribution >= 4 is 5.65 Å². The van der Waals surface area contributed by atoms with E-state index in [2.05, 4.69) is 10.1 Å². The summed E-state index contributed by atoms with van der Waals surface area (Å²) in [6, 6.07) is 2.89. The van der Waals surface area contributed by atoms with Crippen LogP contribution >= 0.6 is 0 Å². The van der Waals surface area contributed by atoms with Crippen LogP contribution in [0.1, 0.15) is 5.69 Å². The van der Waals surface area contributed by atoms with Gasteiger partial charge in [0.1, 0.15) is 0 Å². The molecule has 2 aromatic rings. The van der Waals surface area contributed by atoms with Gasteiger partial charge in [0.15, 0.2) is 5.65 Å². The van der Waals surface area contributed by atoms with Crippen molar-refractivity contribution in [1.29, 1.82) is 0 Å². The standard InChI is InChI=1S/C7H6FN3/c1-5-4-11-7(9-5)3-2-6(8)10-11/h2-4H,1H3. The van der Waals surface area contributed by atoms with E-state index in [1.807, 2.05) is 6.92 Å². The number of imidazole rings is 1. The smallest absolute Gasteiger partial charge is 0.231 e. The Morgan fingerprint density at radius 1 is 1.45 bits per heavy atom. The van der Waals surface area contributed by atoms with Crippen molar-refractivity contribution in [3.8, 4) is 0 Å². The summed E-state index contributed by atoms with van der Waals surface area (Å²) in [5.74, 6) is -0.491. The van der Waals surface area contributed by atoms with Crippen molar-refractivity contribution in [3.63, 3.8) is 0 Å². The lowest BCUT2D eigenvalue weighted by Gasteiger charge is -1.88. The molecule has 56 valence electrons. The van der Waals surface area contributed by atoms with Crippen LogP contribution in [0.3, 0.4) is 0 Å². The molecule has 0 saturated heterocycles. The van der Waals surface area contributed by atoms with Gasteiger partial charge >= 0.3 is 0 Å². The molecule has 2 heterocycles. The number of fused-ring (bicyclic) bond motifs is 1. The van der Waals surface area contributed by atoms with E-state index in [-0.39, 0.29) is 0 Å². The first-order valence-electron chi connectivity index (χ1n) is 3.24. The lowest BCUT2D eigenvalue weighted by Crippen LogP contribution is -1.92. The molecule has 0 aliphatic rings. The van der Waals surface area contributed by atoms with Crippen molar-refractivity contribution in [2.24, 2.45) is 0 Å². The maximum atomic E-state index is 12.5. The second kappa shape index (κ2) is 2.02. The zero-order valence-corrected chi connectivity index (χ0v) is 5.95. The van der Waals surface area contributed by atoms with Gasteiger partial charge in [-0.05, 0) is 19.1 Å². The van der Waals surface area contributed by atoms with Gasteiger partial charge in [0.25, 0.3) is 0 Å². The molecule has 0 aliphatic carbocycles. The molecule has 0 spiro atoms. The summed E-state index contributed by atoms with van der Waals surface area (Å²) in [6.45, 7) is 1.84. The van der Waals surface area contributed by atoms with Gasteiger partial charge in [0, 0.05) is 0 Å². The first-order valence-corrected chi connectivity index (χ1v) is 3.24. The van der Waals surface area contributed by atoms with E-state index in [4.69, 9.17) is 0 Å². The Morgan fingerprint density at radius 2 is 2.27 bits per heavy atom. The second-order valence-corrected chi connectivity index (χ2v) is 2.34. The van der Waals surface area contributed by atoms with Gasteiger partial charge in [-0.3, -0.25) is 0 Å². The van der Waals surface area contributed by atoms with Gasteiger partial charge in [-0.25, -0.2) is 9.50 Å². The third-order valence-corrected chi connectivity index (χ3v) is 1.41. The molecule has 0 atom stereocenters. The Kier molecular flexibility index (Phi) is 1.15. The first-order chi connectivity index (χ1) is 5.25. The number of hydrogen-bond acceptors (Lipinski definition) is 2. The van der Waals surface area contributed by atoms with Gasteiger partial charge in [-0.1, -0.05) is 0 Å². The lowest BCUT2D eigenvalue weighted by atomic mass is 10.5. The van der Waals surface area contributed by atoms with E-state index in [1.165, 1.54) is 10.6 Å². The molecule has 0 fully saturated rings. The molecule has 0 N–H and O–H groups in total. The Balaban J connectivity index is 2.82. The van der Waals surface area contributed by atoms with Crippen molar-refractivity contribution in [1.82, 2.24) is 14.6 Å². The third-order valence-electron chi connectivity index (χ3n) is 1.41. The molecule has 0 bridgehead atoms. The van der Waals surface area contributed by atoms with E-state index in [0.717, 1.165) is 5.69 Å². The number of hydrogen-bond donors (Lipinski definition) is 0. The second-order valence-electron chi connectivity index (χ2n) is 2.34. The minimum absolute atomic E-state index is 0.491. The highest BCUT2D eigenvalue weighted by Gasteiger charge is 1.98. The zero-order chi connectivity index (χ0) is 7.84. The predicted octanol–water partition coefficient (Wildman–Crippen LogP) is 1.18. The van der Waals surface area contributed by atoms with Crippen molar-refractivity contribution in [2.45, 2.75) is 6.92 Å². The van der Waals surface area contributed by atoms with E-state index in [9.17, 15) is 4.39 Å². The molecular formula is C7H6FN3. The minimum atomic E-state index is -0.491. The normalized spacial score (nSPS) is 10.7. The molecule has 4 heteroatoms. The molecule has 0 amide bonds. The molecule has 3 nitrogen and oxygen atoms in total. The molecule has 2 aromatic heterocycles. The van der Waals surface area contributed by atoms with Crippen LogP contribution in [-0.2, 0) is 0 Å². The number of aromatic nitrogens is 3. The Morgan fingerprint density at radius 3 is 3.09 bits per heavy atom. The van der Waals surface area contributed by atoms with Crippen LogP contribution < -0.4 is 0 Å². The molecule has 0 saturated carbocycles. The largest absolute Gasteiger partial charge is 0.232 e. The molecule has 0 unspecified atom stereocenters. The van der Waals surface area contributed by atoms with Crippen LogP contribution in [0, 0.1) is 12.9 Å². The minimum Gasteiger partial charge on any atom is -0.232 e. The van der Waals surface area contributed by atoms with Crippen molar-refractivity contribution in [2.75, 3.05) is 0 Å². The summed E-state index contributed by atoms with van der Waals surface area (Å²) in [7, 11) is 0. The lowest BCUT2D eigenvalue weighted by molar-refractivity contribution is 0.555. The molecule has 0 aromatic carbocycles. The van der Waals surface area contributed by atoms with E-state index in [0.29, 0.717) is 5.65 Å². The molecule has 11 heavy (non-hydrogen) atoms. The topological polar surface area (TPSA) is 30.2 Å². The third kappa shape index (κ3) is 0.960. The quantitative estimate of drug-likeness (QED) is 0.565. The van der Waals surface area contributed by atoms with Crippen LogP contribution in [0.15, 0.2) is 18.3 Å².